The second-order valence-corrected chi connectivity index (χ2v) is 4.30. The van der Waals surface area contributed by atoms with Crippen molar-refractivity contribution in [2.45, 2.75) is 13.5 Å². The van der Waals surface area contributed by atoms with Crippen LogP contribution in [0.25, 0.3) is 0 Å². The summed E-state index contributed by atoms with van der Waals surface area (Å²) >= 11 is 8.80. The number of halogens is 2. The molecule has 0 radical (unpaired) electrons. The smallest absolute Gasteiger partial charge is 0.265 e. The van der Waals surface area contributed by atoms with E-state index in [1.807, 2.05) is 0 Å². The van der Waals surface area contributed by atoms with E-state index in [4.69, 9.17) is 17.3 Å². The van der Waals surface area contributed by atoms with Crippen LogP contribution < -0.4 is 11.3 Å². The summed E-state index contributed by atoms with van der Waals surface area (Å²) in [5.74, 6) is 0. The number of pyridine rings is 1. The van der Waals surface area contributed by atoms with Gasteiger partial charge in [0.15, 0.2) is 0 Å². The predicted molar refractivity (Wildman–Crippen MR) is 62.5 cm³/mol. The van der Waals surface area contributed by atoms with Crippen LogP contribution in [0.5, 0.6) is 0 Å². The van der Waals surface area contributed by atoms with Crippen molar-refractivity contribution in [3.63, 3.8) is 0 Å². The number of aromatic nitrogens is 1. The third-order valence-electron chi connectivity index (χ3n) is 1.85. The molecular weight excluding hydrogens is 267 g/mol. The Kier molecular flexibility index (Phi) is 3.39. The summed E-state index contributed by atoms with van der Waals surface area (Å²) in [4.78, 5) is 11.6. The molecule has 1 aromatic rings. The normalized spacial score (nSPS) is 10.2. The van der Waals surface area contributed by atoms with Crippen LogP contribution in [-0.4, -0.2) is 4.57 Å². The first kappa shape index (κ1) is 11.3. The SMILES string of the molecule is C=C(Cl)Cn1cc(N)c(C)c(Br)c1=O. The van der Waals surface area contributed by atoms with Crippen molar-refractivity contribution in [1.82, 2.24) is 4.57 Å². The zero-order valence-corrected chi connectivity index (χ0v) is 10.0. The molecule has 3 nitrogen and oxygen atoms in total. The fourth-order valence-electron chi connectivity index (χ4n) is 1.04. The number of allylic oxidation sites excluding steroid dienone is 1. The Morgan fingerprint density at radius 2 is 2.36 bits per heavy atom. The lowest BCUT2D eigenvalue weighted by Gasteiger charge is -2.09. The largest absolute Gasteiger partial charge is 0.397 e. The highest BCUT2D eigenvalue weighted by molar-refractivity contribution is 9.10. The van der Waals surface area contributed by atoms with Gasteiger partial charge < -0.3 is 10.3 Å². The molecular formula is C9H10BrClN2O. The van der Waals surface area contributed by atoms with E-state index in [2.05, 4.69) is 22.5 Å². The number of hydrogen-bond acceptors (Lipinski definition) is 2. The van der Waals surface area contributed by atoms with Crippen LogP contribution in [0.3, 0.4) is 0 Å². The van der Waals surface area contributed by atoms with Crippen molar-refractivity contribution < 1.29 is 0 Å². The third kappa shape index (κ3) is 2.19. The second-order valence-electron chi connectivity index (χ2n) is 2.97. The van der Waals surface area contributed by atoms with Crippen molar-refractivity contribution in [2.24, 2.45) is 0 Å². The van der Waals surface area contributed by atoms with E-state index < -0.39 is 0 Å². The van der Waals surface area contributed by atoms with Gasteiger partial charge in [0.25, 0.3) is 5.56 Å². The fourth-order valence-corrected chi connectivity index (χ4v) is 1.62. The summed E-state index contributed by atoms with van der Waals surface area (Å²) in [6, 6.07) is 0. The summed E-state index contributed by atoms with van der Waals surface area (Å²) in [6.45, 7) is 5.57. The van der Waals surface area contributed by atoms with E-state index in [9.17, 15) is 4.79 Å². The average Bonchev–Trinajstić information content (AvgIpc) is 2.10. The maximum absolute atomic E-state index is 11.6. The summed E-state index contributed by atoms with van der Waals surface area (Å²) in [5, 5.41) is 0.391. The number of nitrogens with zero attached hydrogens (tertiary/aromatic N) is 1. The summed E-state index contributed by atoms with van der Waals surface area (Å²) in [7, 11) is 0. The number of anilines is 1. The molecule has 14 heavy (non-hydrogen) atoms. The lowest BCUT2D eigenvalue weighted by Crippen LogP contribution is -2.22. The molecule has 0 aliphatic carbocycles. The maximum atomic E-state index is 11.6. The number of hydrogen-bond donors (Lipinski definition) is 1. The van der Waals surface area contributed by atoms with Gasteiger partial charge >= 0.3 is 0 Å². The van der Waals surface area contributed by atoms with E-state index in [0.29, 0.717) is 15.2 Å². The van der Waals surface area contributed by atoms with E-state index in [1.54, 1.807) is 13.1 Å². The Hall–Kier alpha value is -0.740. The number of nitrogens with two attached hydrogens (primary N) is 1. The molecule has 0 atom stereocenters. The van der Waals surface area contributed by atoms with Crippen LogP contribution in [0.4, 0.5) is 5.69 Å². The lowest BCUT2D eigenvalue weighted by molar-refractivity contribution is 0.766. The van der Waals surface area contributed by atoms with Gasteiger partial charge in [-0.25, -0.2) is 0 Å². The number of rotatable bonds is 2. The monoisotopic (exact) mass is 276 g/mol. The molecule has 0 aliphatic rings. The Morgan fingerprint density at radius 3 is 2.86 bits per heavy atom. The number of nitrogen functional groups attached to an aromatic ring is 1. The molecule has 1 rings (SSSR count). The quantitative estimate of drug-likeness (QED) is 0.901. The maximum Gasteiger partial charge on any atom is 0.265 e. The van der Waals surface area contributed by atoms with Crippen LogP contribution in [0.1, 0.15) is 5.56 Å². The Bertz CT molecular complexity index is 439. The van der Waals surface area contributed by atoms with E-state index in [1.165, 1.54) is 4.57 Å². The lowest BCUT2D eigenvalue weighted by atomic mass is 10.2. The van der Waals surface area contributed by atoms with Crippen LogP contribution >= 0.6 is 27.5 Å². The highest BCUT2D eigenvalue weighted by Gasteiger charge is 2.08. The summed E-state index contributed by atoms with van der Waals surface area (Å²) < 4.78 is 1.89. The van der Waals surface area contributed by atoms with Gasteiger partial charge in [0.05, 0.1) is 16.7 Å². The van der Waals surface area contributed by atoms with E-state index in [-0.39, 0.29) is 12.1 Å². The van der Waals surface area contributed by atoms with Gasteiger partial charge in [-0.1, -0.05) is 18.2 Å². The minimum Gasteiger partial charge on any atom is -0.397 e. The van der Waals surface area contributed by atoms with Crippen molar-refractivity contribution in [3.8, 4) is 0 Å². The molecule has 0 amide bonds. The van der Waals surface area contributed by atoms with Crippen molar-refractivity contribution in [2.75, 3.05) is 5.73 Å². The first-order valence-corrected chi connectivity index (χ1v) is 5.09. The predicted octanol–water partition coefficient (Wildman–Crippen LogP) is 2.25. The van der Waals surface area contributed by atoms with Gasteiger partial charge in [0, 0.05) is 11.2 Å². The standard InChI is InChI=1S/C9H10BrClN2O/c1-5(11)3-13-4-7(12)6(2)8(10)9(13)14/h4H,1,3,12H2,2H3. The molecule has 0 aromatic carbocycles. The summed E-state index contributed by atoms with van der Waals surface area (Å²) in [5.41, 5.74) is 6.84. The fraction of sp³-hybridized carbons (Fsp3) is 0.222. The van der Waals surface area contributed by atoms with Gasteiger partial charge in [0.1, 0.15) is 0 Å². The Labute approximate surface area is 95.3 Å². The average molecular weight is 278 g/mol. The van der Waals surface area contributed by atoms with Crippen molar-refractivity contribution in [1.29, 1.82) is 0 Å². The Morgan fingerprint density at radius 1 is 1.79 bits per heavy atom. The molecule has 1 aromatic heterocycles. The van der Waals surface area contributed by atoms with Gasteiger partial charge in [-0.05, 0) is 28.4 Å². The van der Waals surface area contributed by atoms with E-state index in [0.717, 1.165) is 5.56 Å². The molecule has 0 aliphatic heterocycles. The van der Waals surface area contributed by atoms with Gasteiger partial charge in [-0.15, -0.1) is 0 Å². The van der Waals surface area contributed by atoms with Crippen molar-refractivity contribution in [3.05, 3.63) is 38.2 Å². The Balaban J connectivity index is 3.33. The van der Waals surface area contributed by atoms with Crippen molar-refractivity contribution >= 4 is 33.2 Å². The van der Waals surface area contributed by atoms with Gasteiger partial charge in [-0.3, -0.25) is 4.79 Å². The molecule has 2 N–H and O–H groups in total. The zero-order valence-electron chi connectivity index (χ0n) is 7.68. The highest BCUT2D eigenvalue weighted by Crippen LogP contribution is 2.17. The first-order valence-electron chi connectivity index (χ1n) is 3.91. The molecule has 76 valence electrons. The molecule has 0 fully saturated rings. The third-order valence-corrected chi connectivity index (χ3v) is 2.90. The topological polar surface area (TPSA) is 48.0 Å². The zero-order chi connectivity index (χ0) is 10.9. The molecule has 0 unspecified atom stereocenters. The van der Waals surface area contributed by atoms with Gasteiger partial charge in [-0.2, -0.15) is 0 Å². The minimum absolute atomic E-state index is 0.154. The van der Waals surface area contributed by atoms with Crippen LogP contribution in [0.15, 0.2) is 27.1 Å². The molecule has 1 heterocycles. The second kappa shape index (κ2) is 4.19. The minimum atomic E-state index is -0.154. The highest BCUT2D eigenvalue weighted by atomic mass is 79.9. The van der Waals surface area contributed by atoms with E-state index >= 15 is 0 Å². The van der Waals surface area contributed by atoms with Crippen LogP contribution in [-0.2, 0) is 6.54 Å². The van der Waals surface area contributed by atoms with Gasteiger partial charge in [0.2, 0.25) is 0 Å². The van der Waals surface area contributed by atoms with Crippen LogP contribution in [0, 0.1) is 6.92 Å². The molecule has 0 bridgehead atoms. The molecule has 0 spiro atoms. The first-order chi connectivity index (χ1) is 6.43. The molecule has 5 heteroatoms. The van der Waals surface area contributed by atoms with Crippen LogP contribution in [0.2, 0.25) is 0 Å². The molecule has 0 saturated heterocycles. The molecule has 0 saturated carbocycles. The summed E-state index contributed by atoms with van der Waals surface area (Å²) in [6.07, 6.45) is 1.57.